The van der Waals surface area contributed by atoms with Gasteiger partial charge in [0.1, 0.15) is 11.6 Å². The third kappa shape index (κ3) is 7.03. The van der Waals surface area contributed by atoms with Gasteiger partial charge in [0.15, 0.2) is 0 Å². The second-order valence-corrected chi connectivity index (χ2v) is 10.4. The molecule has 0 saturated heterocycles. The average molecular weight is 551 g/mol. The number of nitrogens with zero attached hydrogens (tertiary/aromatic N) is 1. The highest BCUT2D eigenvalue weighted by molar-refractivity contribution is 7.11. The standard InChI is InChI=1S/C34H35FN4S/c1-5-12-28(32-15-11-16-40-32)34-23(4)38-33(39-34)19-27-18-29(30(35)20-31(27)36)26(7-3)17-24(6-2)21-37-22-25-13-9-8-10-14-25/h5-18,20,37H,1-2,19,21-22,36H2,3-4H3,(H,38,39)/b24-17+,26-7+,28-12-. The van der Waals surface area contributed by atoms with Crippen molar-refractivity contribution in [1.82, 2.24) is 15.3 Å². The van der Waals surface area contributed by atoms with Crippen molar-refractivity contribution in [2.75, 3.05) is 12.3 Å². The van der Waals surface area contributed by atoms with E-state index in [2.05, 4.69) is 41.7 Å². The number of anilines is 1. The summed E-state index contributed by atoms with van der Waals surface area (Å²) in [6.45, 7) is 13.1. The van der Waals surface area contributed by atoms with E-state index in [0.717, 1.165) is 50.9 Å². The van der Waals surface area contributed by atoms with Gasteiger partial charge in [-0.15, -0.1) is 11.3 Å². The fourth-order valence-electron chi connectivity index (χ4n) is 4.53. The van der Waals surface area contributed by atoms with Crippen molar-refractivity contribution in [2.24, 2.45) is 0 Å². The zero-order valence-corrected chi connectivity index (χ0v) is 23.8. The van der Waals surface area contributed by atoms with Crippen LogP contribution in [0.15, 0.2) is 109 Å². The molecule has 4 rings (SSSR count). The molecular formula is C34H35FN4S. The van der Waals surface area contributed by atoms with E-state index in [4.69, 9.17) is 10.7 Å². The number of imidazole rings is 1. The highest BCUT2D eigenvalue weighted by atomic mass is 32.1. The number of benzene rings is 2. The lowest BCUT2D eigenvalue weighted by molar-refractivity contribution is 0.624. The molecule has 6 heteroatoms. The Labute approximate surface area is 240 Å². The molecular weight excluding hydrogens is 515 g/mol. The van der Waals surface area contributed by atoms with Crippen molar-refractivity contribution in [3.63, 3.8) is 0 Å². The number of aromatic amines is 1. The Hall–Kier alpha value is -4.26. The molecule has 0 aliphatic carbocycles. The fourth-order valence-corrected chi connectivity index (χ4v) is 5.28. The number of allylic oxidation sites excluding steroid dienone is 5. The van der Waals surface area contributed by atoms with Crippen LogP contribution in [0.5, 0.6) is 0 Å². The van der Waals surface area contributed by atoms with Gasteiger partial charge in [-0.3, -0.25) is 0 Å². The number of nitrogens with one attached hydrogen (secondary N) is 2. The van der Waals surface area contributed by atoms with Gasteiger partial charge in [0, 0.05) is 46.9 Å². The molecule has 0 fully saturated rings. The van der Waals surface area contributed by atoms with Gasteiger partial charge in [-0.25, -0.2) is 9.37 Å². The van der Waals surface area contributed by atoms with E-state index in [-0.39, 0.29) is 5.82 Å². The summed E-state index contributed by atoms with van der Waals surface area (Å²) in [5.74, 6) is 0.397. The van der Waals surface area contributed by atoms with Crippen molar-refractivity contribution in [3.05, 3.63) is 154 Å². The summed E-state index contributed by atoms with van der Waals surface area (Å²) >= 11 is 1.65. The molecule has 2 heterocycles. The average Bonchev–Trinajstić information content (AvgIpc) is 3.61. The van der Waals surface area contributed by atoms with Crippen LogP contribution in [-0.4, -0.2) is 16.5 Å². The van der Waals surface area contributed by atoms with E-state index in [9.17, 15) is 0 Å². The first kappa shape index (κ1) is 28.7. The molecule has 4 aromatic rings. The van der Waals surface area contributed by atoms with E-state index in [1.807, 2.05) is 67.8 Å². The predicted molar refractivity (Wildman–Crippen MR) is 169 cm³/mol. The van der Waals surface area contributed by atoms with E-state index >= 15 is 4.39 Å². The minimum Gasteiger partial charge on any atom is -0.398 e. The lowest BCUT2D eigenvalue weighted by Crippen LogP contribution is -2.16. The van der Waals surface area contributed by atoms with E-state index < -0.39 is 0 Å². The Morgan fingerprint density at radius 1 is 1.15 bits per heavy atom. The number of aryl methyl sites for hydroxylation is 1. The highest BCUT2D eigenvalue weighted by Gasteiger charge is 2.17. The Morgan fingerprint density at radius 3 is 2.62 bits per heavy atom. The van der Waals surface area contributed by atoms with Crippen LogP contribution in [0.1, 0.15) is 45.7 Å². The van der Waals surface area contributed by atoms with Gasteiger partial charge < -0.3 is 16.0 Å². The van der Waals surface area contributed by atoms with Gasteiger partial charge in [0.25, 0.3) is 0 Å². The number of nitrogens with two attached hydrogens (primary N) is 1. The molecule has 0 spiro atoms. The lowest BCUT2D eigenvalue weighted by Gasteiger charge is -2.12. The van der Waals surface area contributed by atoms with Crippen molar-refractivity contribution in [2.45, 2.75) is 26.8 Å². The Bertz CT molecular complexity index is 1560. The van der Waals surface area contributed by atoms with Crippen molar-refractivity contribution >= 4 is 28.2 Å². The SMILES string of the molecule is C=C/C=C(/c1cccs1)c1nc(Cc2cc(C(/C=C(\C=C)CNCc3ccccc3)=C/C)c(F)cc2N)[nH]c1C. The molecule has 2 aromatic carbocycles. The number of halogens is 1. The monoisotopic (exact) mass is 550 g/mol. The minimum atomic E-state index is -0.364. The van der Waals surface area contributed by atoms with Crippen molar-refractivity contribution in [1.29, 1.82) is 0 Å². The normalized spacial score (nSPS) is 12.5. The first-order valence-electron chi connectivity index (χ1n) is 13.2. The minimum absolute atomic E-state index is 0.364. The van der Waals surface area contributed by atoms with E-state index in [0.29, 0.717) is 24.2 Å². The molecule has 0 atom stereocenters. The van der Waals surface area contributed by atoms with Crippen LogP contribution in [0.2, 0.25) is 0 Å². The fraction of sp³-hybridized carbons (Fsp3) is 0.147. The van der Waals surface area contributed by atoms with Crippen LogP contribution in [0, 0.1) is 12.7 Å². The summed E-state index contributed by atoms with van der Waals surface area (Å²) in [5.41, 5.74) is 13.7. The summed E-state index contributed by atoms with van der Waals surface area (Å²) in [5, 5.41) is 5.48. The molecule has 0 amide bonds. The number of nitrogen functional groups attached to an aromatic ring is 1. The lowest BCUT2D eigenvalue weighted by atomic mass is 9.97. The van der Waals surface area contributed by atoms with Crippen LogP contribution < -0.4 is 11.1 Å². The molecule has 0 radical (unpaired) electrons. The summed E-state index contributed by atoms with van der Waals surface area (Å²) in [7, 11) is 0. The van der Waals surface area contributed by atoms with Gasteiger partial charge in [-0.2, -0.15) is 0 Å². The number of rotatable bonds is 12. The highest BCUT2D eigenvalue weighted by Crippen LogP contribution is 2.30. The van der Waals surface area contributed by atoms with Crippen LogP contribution >= 0.6 is 11.3 Å². The zero-order chi connectivity index (χ0) is 28.5. The third-order valence-electron chi connectivity index (χ3n) is 6.57. The predicted octanol–water partition coefficient (Wildman–Crippen LogP) is 8.01. The molecule has 0 bridgehead atoms. The molecule has 204 valence electrons. The van der Waals surface area contributed by atoms with Crippen molar-refractivity contribution in [3.8, 4) is 0 Å². The summed E-state index contributed by atoms with van der Waals surface area (Å²) in [6.07, 6.45) is 9.85. The van der Waals surface area contributed by atoms with E-state index in [1.54, 1.807) is 23.5 Å². The summed E-state index contributed by atoms with van der Waals surface area (Å²) in [4.78, 5) is 9.41. The summed E-state index contributed by atoms with van der Waals surface area (Å²) < 4.78 is 15.2. The van der Waals surface area contributed by atoms with Gasteiger partial charge in [-0.05, 0) is 59.7 Å². The second kappa shape index (κ2) is 13.7. The molecule has 2 aromatic heterocycles. The van der Waals surface area contributed by atoms with Gasteiger partial charge in [0.2, 0.25) is 0 Å². The second-order valence-electron chi connectivity index (χ2n) is 9.41. The first-order valence-corrected chi connectivity index (χ1v) is 14.1. The first-order chi connectivity index (χ1) is 19.4. The quantitative estimate of drug-likeness (QED) is 0.124. The third-order valence-corrected chi connectivity index (χ3v) is 7.48. The zero-order valence-electron chi connectivity index (χ0n) is 23.0. The van der Waals surface area contributed by atoms with Gasteiger partial charge in [-0.1, -0.05) is 79.9 Å². The van der Waals surface area contributed by atoms with Gasteiger partial charge in [0.05, 0.1) is 5.69 Å². The largest absolute Gasteiger partial charge is 0.398 e. The molecule has 0 aliphatic heterocycles. The maximum Gasteiger partial charge on any atom is 0.133 e. The molecule has 40 heavy (non-hydrogen) atoms. The maximum absolute atomic E-state index is 15.2. The number of thiophene rings is 1. The van der Waals surface area contributed by atoms with Crippen molar-refractivity contribution < 1.29 is 4.39 Å². The number of aromatic nitrogens is 2. The van der Waals surface area contributed by atoms with Crippen LogP contribution in [0.25, 0.3) is 11.1 Å². The maximum atomic E-state index is 15.2. The Kier molecular flexibility index (Phi) is 9.84. The number of H-pyrrole nitrogens is 1. The molecule has 4 nitrogen and oxygen atoms in total. The van der Waals surface area contributed by atoms with Crippen LogP contribution in [0.4, 0.5) is 10.1 Å². The number of hydrogen-bond acceptors (Lipinski definition) is 4. The molecule has 0 aliphatic rings. The Balaban J connectivity index is 1.57. The van der Waals surface area contributed by atoms with Crippen LogP contribution in [0.3, 0.4) is 0 Å². The summed E-state index contributed by atoms with van der Waals surface area (Å²) in [6, 6.07) is 17.5. The topological polar surface area (TPSA) is 66.7 Å². The van der Waals surface area contributed by atoms with E-state index in [1.165, 1.54) is 11.6 Å². The van der Waals surface area contributed by atoms with Crippen LogP contribution in [-0.2, 0) is 13.0 Å². The molecule has 4 N–H and O–H groups in total. The van der Waals surface area contributed by atoms with Gasteiger partial charge >= 0.3 is 0 Å². The smallest absolute Gasteiger partial charge is 0.133 e. The molecule has 0 unspecified atom stereocenters. The molecule has 0 saturated carbocycles. The number of hydrogen-bond donors (Lipinski definition) is 3. The Morgan fingerprint density at radius 2 is 1.95 bits per heavy atom.